The Hall–Kier alpha value is -6.17. The summed E-state index contributed by atoms with van der Waals surface area (Å²) in [6, 6.07) is -3.62. The van der Waals surface area contributed by atoms with Gasteiger partial charge in [-0.1, -0.05) is 73.2 Å². The zero-order valence-corrected chi connectivity index (χ0v) is 85.0. The number of carbonyl (C=O) groups excluding carboxylic acids is 8. The summed E-state index contributed by atoms with van der Waals surface area (Å²) in [5, 5.41) is 85.9. The van der Waals surface area contributed by atoms with E-state index in [1.54, 1.807) is 90.0 Å². The van der Waals surface area contributed by atoms with E-state index in [2.05, 4.69) is 50.3 Å². The van der Waals surface area contributed by atoms with Gasteiger partial charge in [-0.3, -0.25) is 80.3 Å². The molecule has 4 aromatic rings. The zero-order chi connectivity index (χ0) is 100. The molecule has 0 saturated carbocycles. The molecule has 134 heavy (non-hydrogen) atoms. The van der Waals surface area contributed by atoms with Crippen LogP contribution in [0.5, 0.6) is 5.88 Å². The maximum atomic E-state index is 15.8. The highest BCUT2D eigenvalue weighted by atomic mass is 32.7. The van der Waals surface area contributed by atoms with Crippen LogP contribution < -0.4 is 30.6 Å². The van der Waals surface area contributed by atoms with Gasteiger partial charge in [0.2, 0.25) is 17.7 Å². The smallest absolute Gasteiger partial charge is 0.327 e. The number of rotatable bonds is 42. The van der Waals surface area contributed by atoms with E-state index in [4.69, 9.17) is 60.7 Å². The molecule has 4 aromatic heterocycles. The molecule has 10 rings (SSSR count). The number of ether oxygens (including phenoxy) is 9. The van der Waals surface area contributed by atoms with Crippen molar-refractivity contribution in [1.29, 1.82) is 0 Å². The van der Waals surface area contributed by atoms with Gasteiger partial charge in [0, 0.05) is 35.4 Å². The first-order valence-electron chi connectivity index (χ1n) is 42.9. The molecule has 0 unspecified atom stereocenters. The molecule has 10 heterocycles. The summed E-state index contributed by atoms with van der Waals surface area (Å²) in [6.07, 6.45) is -9.51. The Bertz CT molecular complexity index is 4950. The van der Waals surface area contributed by atoms with Gasteiger partial charge in [0.1, 0.15) is 101 Å². The lowest BCUT2D eigenvalue weighted by atomic mass is 9.95. The van der Waals surface area contributed by atoms with Crippen LogP contribution in [0.3, 0.4) is 0 Å². The number of carbonyl (C=O) groups is 8. The van der Waals surface area contributed by atoms with Crippen LogP contribution in [-0.4, -0.2) is 321 Å². The summed E-state index contributed by atoms with van der Waals surface area (Å²) in [6.45, 7) is 18.2. The molecule has 6 aliphatic rings. The number of allylic oxidation sites excluding steroid dienone is 2. The van der Waals surface area contributed by atoms with Crippen LogP contribution in [-0.2, 0) is 113 Å². The number of fused-ring (bicyclic) bond motifs is 2. The number of hydrogen-bond acceptors (Lipinski definition) is 42. The summed E-state index contributed by atoms with van der Waals surface area (Å²) < 4.78 is 143. The van der Waals surface area contributed by atoms with Gasteiger partial charge in [-0.15, -0.1) is 0 Å². The lowest BCUT2D eigenvalue weighted by molar-refractivity contribution is -0.158. The number of nitrogens with zero attached hydrogens (tertiary/aromatic N) is 9. The van der Waals surface area contributed by atoms with E-state index in [0.29, 0.717) is 46.8 Å². The minimum absolute atomic E-state index is 0.0557. The summed E-state index contributed by atoms with van der Waals surface area (Å²) in [5.41, 5.74) is -7.43. The number of aliphatic hydroxyl groups is 7. The standard InChI is InChI=1S/C21H33FN5O7PS.C19H30N5O8PS.2C19H31N2O9PS/c1-7-31-18-15-17(24-13(5)25-18)27(11-23-15)20-21(6,22)16(28)14(34-20)10-33-35(30,36-9-3)26-12(4)19(29)32-8-2;1-6-30-17(27)10(3)23-33(29,34-7-2)31-8-12-14(25)19(5,28)18(32-12)24-9-20-13-15(24)21-11(4)22-16(13)26;2*1-6-32-31(27,20-12(4)17(25)29-11(2)3)28-10-14-16(24)19(5,26)18(30-14)21-8-7-13(22)9-15(21)23/h11-12,14,16,20,28H,7-10H2,1-6H3,(H,26,30);9-10,12,14,18,25,28H,6-8H2,1-5H3,(H,23,29)(H,21,22,26);2*7-8,11-12,14,16,18,24,26H,6,9-10H2,1-5H3,(H,20,27)/t12-,14-,16-,20-,21-,35-;10-,12-,14-,18-,19-,33-;12-,14-,16-,18-,19-,31+;12-,14-,16-,18-,19-,31-/m1111/s1. The predicted octanol–water partition coefficient (Wildman–Crippen LogP) is 5.69. The molecular weight excluding hydrogens is 1930 g/mol. The fourth-order valence-electron chi connectivity index (χ4n) is 13.8. The lowest BCUT2D eigenvalue weighted by Gasteiger charge is -2.34. The van der Waals surface area contributed by atoms with Crippen molar-refractivity contribution in [2.75, 3.05) is 69.3 Å². The van der Waals surface area contributed by atoms with Gasteiger partial charge in [0.15, 0.2) is 64.5 Å². The number of ketones is 2. The molecule has 47 nitrogen and oxygen atoms in total. The minimum Gasteiger partial charge on any atom is -0.476 e. The Morgan fingerprint density at radius 2 is 0.821 bits per heavy atom. The van der Waals surface area contributed by atoms with E-state index in [1.165, 1.54) is 102 Å². The van der Waals surface area contributed by atoms with Crippen LogP contribution in [0.2, 0.25) is 0 Å². The van der Waals surface area contributed by atoms with Crippen molar-refractivity contribution in [2.24, 2.45) is 0 Å². The van der Waals surface area contributed by atoms with Crippen LogP contribution in [0.15, 0.2) is 42.0 Å². The molecule has 0 bridgehead atoms. The molecule has 4 fully saturated rings. The highest BCUT2D eigenvalue weighted by Gasteiger charge is 2.60. The first kappa shape index (κ1) is 115. The van der Waals surface area contributed by atoms with Crippen molar-refractivity contribution < 1.29 is 157 Å². The lowest BCUT2D eigenvalue weighted by Crippen LogP contribution is -2.54. The van der Waals surface area contributed by atoms with Crippen LogP contribution in [0.4, 0.5) is 4.39 Å². The van der Waals surface area contributed by atoms with Crippen molar-refractivity contribution in [2.45, 2.75) is 291 Å². The third-order valence-corrected chi connectivity index (χ3v) is 37.2. The molecule has 56 heteroatoms. The third-order valence-electron chi connectivity index (χ3n) is 20.3. The van der Waals surface area contributed by atoms with E-state index in [1.807, 2.05) is 0 Å². The van der Waals surface area contributed by atoms with E-state index >= 15 is 4.39 Å². The number of esters is 4. The number of hydrogen-bond donors (Lipinski definition) is 12. The van der Waals surface area contributed by atoms with Gasteiger partial charge in [-0.05, 0) is 130 Å². The monoisotopic (exact) mass is 2060 g/mol. The van der Waals surface area contributed by atoms with Crippen molar-refractivity contribution in [1.82, 2.24) is 69.2 Å². The van der Waals surface area contributed by atoms with E-state index in [0.717, 1.165) is 55.3 Å². The summed E-state index contributed by atoms with van der Waals surface area (Å²) in [4.78, 5) is 133. The molecule has 12 N–H and O–H groups in total. The predicted molar refractivity (Wildman–Crippen MR) is 489 cm³/mol. The molecule has 24 atom stereocenters. The number of imidazole rings is 2. The Labute approximate surface area is 789 Å². The Balaban J connectivity index is 0.000000244. The SMILES string of the molecule is CCOC(=O)[C@@H](C)N[P@@](=O)(OC[C@H]1O[C@@H](n2cnc3c(=O)[nH]c(C)nc32)[C@](C)(O)[C@@H]1O)SCC.CCOC(=O)[C@@H](C)N[P@@](=O)(OC[C@H]1O[C@@H](n2cnc3c(OCC)nc(C)nc32)[C@](C)(F)[C@@H]1O)SCC.CCS[P@@](=O)(N[C@H](C)C(=O)OC(C)C)OC[C@H]1O[C@@H](N2C=CC(=O)CC2=O)[C@](C)(O)[C@@H]1O.CCS[P@](=O)(N[C@H](C)C(=O)OC(C)C)OC[C@H]1O[C@@H](N2C=CC(=O)CC2=O)[C@](C)(O)[C@@H]1O. The molecule has 0 radical (unpaired) electrons. The van der Waals surface area contributed by atoms with Gasteiger partial charge in [-0.25, -0.2) is 44.7 Å². The average molecular weight is 2060 g/mol. The van der Waals surface area contributed by atoms with Crippen molar-refractivity contribution in [3.63, 3.8) is 0 Å². The van der Waals surface area contributed by atoms with Crippen LogP contribution in [0, 0.1) is 13.8 Å². The minimum atomic E-state index is -3.62. The van der Waals surface area contributed by atoms with Crippen molar-refractivity contribution in [3.8, 4) is 5.88 Å². The van der Waals surface area contributed by atoms with Crippen LogP contribution in [0.1, 0.15) is 168 Å². The van der Waals surface area contributed by atoms with Crippen LogP contribution in [0.25, 0.3) is 22.3 Å². The second-order valence-corrected chi connectivity index (χ2v) is 50.5. The number of aryl methyl sites for hydroxylation is 2. The van der Waals surface area contributed by atoms with Crippen molar-refractivity contribution >= 4 is 142 Å². The summed E-state index contributed by atoms with van der Waals surface area (Å²) in [7, 11) is 0. The first-order valence-corrected chi connectivity index (χ1v) is 55.8. The van der Waals surface area contributed by atoms with Gasteiger partial charge < -0.3 is 101 Å². The van der Waals surface area contributed by atoms with Gasteiger partial charge in [-0.2, -0.15) is 4.98 Å². The number of nitrogens with one attached hydrogen (secondary N) is 5. The van der Waals surface area contributed by atoms with E-state index < -0.39 is 195 Å². The Kier molecular flexibility index (Phi) is 42.2. The number of halogens is 1. The second kappa shape index (κ2) is 49.3. The maximum Gasteiger partial charge on any atom is 0.327 e. The molecule has 756 valence electrons. The van der Waals surface area contributed by atoms with Crippen molar-refractivity contribution in [3.05, 3.63) is 59.2 Å². The first-order chi connectivity index (χ1) is 62.5. The molecule has 2 amide bonds. The molecular formula is C78H125FN14O33P4S4. The summed E-state index contributed by atoms with van der Waals surface area (Å²) >= 11 is 3.87. The summed E-state index contributed by atoms with van der Waals surface area (Å²) in [5.74, 6) is -1.60. The molecule has 0 spiro atoms. The molecule has 4 saturated heterocycles. The third kappa shape index (κ3) is 29.3. The van der Waals surface area contributed by atoms with Gasteiger partial charge in [0.05, 0.1) is 84.0 Å². The largest absolute Gasteiger partial charge is 0.476 e. The Morgan fingerprint density at radius 3 is 1.17 bits per heavy atom. The highest BCUT2D eigenvalue weighted by Crippen LogP contribution is 2.60. The fraction of sp³-hybridized carbons (Fsp3) is 0.718. The quantitative estimate of drug-likeness (QED) is 0.0110. The molecule has 6 aliphatic heterocycles. The number of amides is 2. The molecule has 0 aromatic carbocycles. The number of aliphatic hydroxyl groups excluding tert-OH is 4. The normalized spacial score (nSPS) is 29.0. The van der Waals surface area contributed by atoms with Gasteiger partial charge in [0.25, 0.3) is 5.56 Å². The highest BCUT2D eigenvalue weighted by molar-refractivity contribution is 8.57. The maximum absolute atomic E-state index is 15.8. The van der Waals surface area contributed by atoms with E-state index in [-0.39, 0.29) is 92.3 Å². The van der Waals surface area contributed by atoms with Gasteiger partial charge >= 0.3 is 50.8 Å². The Morgan fingerprint density at radius 1 is 0.493 bits per heavy atom. The number of H-pyrrole nitrogens is 1. The fourth-order valence-corrected chi connectivity index (χ4v) is 28.2. The molecule has 0 aliphatic carbocycles. The zero-order valence-electron chi connectivity index (χ0n) is 78.1. The number of aromatic amines is 1. The number of alkyl halides is 1. The van der Waals surface area contributed by atoms with E-state index in [9.17, 15) is 97.2 Å². The number of aromatic nitrogens is 8. The second-order valence-electron chi connectivity index (χ2n) is 32.3. The average Bonchev–Trinajstić information content (AvgIpc) is 1.60. The topological polar surface area (TPSA) is 628 Å². The van der Waals surface area contributed by atoms with Crippen LogP contribution >= 0.6 is 72.4 Å².